The summed E-state index contributed by atoms with van der Waals surface area (Å²) in [6.45, 7) is 0. The molecule has 20 heavy (non-hydrogen) atoms. The summed E-state index contributed by atoms with van der Waals surface area (Å²) in [6, 6.07) is 12.1. The summed E-state index contributed by atoms with van der Waals surface area (Å²) in [4.78, 5) is 12.7. The Kier molecular flexibility index (Phi) is 4.26. The number of carbonyl (C=O) groups is 1. The van der Waals surface area contributed by atoms with Gasteiger partial charge in [0.05, 0.1) is 0 Å². The van der Waals surface area contributed by atoms with E-state index in [4.69, 9.17) is 0 Å². The van der Waals surface area contributed by atoms with Crippen molar-refractivity contribution in [3.8, 4) is 0 Å². The van der Waals surface area contributed by atoms with E-state index in [1.807, 2.05) is 24.3 Å². The van der Waals surface area contributed by atoms with Gasteiger partial charge in [0.25, 0.3) is 0 Å². The predicted octanol–water partition coefficient (Wildman–Crippen LogP) is 5.16. The Balaban J connectivity index is 2.00. The average Bonchev–Trinajstić information content (AvgIpc) is 2.48. The highest BCUT2D eigenvalue weighted by Crippen LogP contribution is 2.26. The summed E-state index contributed by atoms with van der Waals surface area (Å²) < 4.78 is 1.94. The SMILES string of the molecule is O=C(c1ccc2c(c1)CCCC2)c1cc(I)ccc1Br. The van der Waals surface area contributed by atoms with E-state index in [9.17, 15) is 4.79 Å². The van der Waals surface area contributed by atoms with Crippen molar-refractivity contribution in [2.75, 3.05) is 0 Å². The highest BCUT2D eigenvalue weighted by molar-refractivity contribution is 14.1. The molecule has 0 aromatic heterocycles. The van der Waals surface area contributed by atoms with Crippen molar-refractivity contribution in [2.24, 2.45) is 0 Å². The quantitative estimate of drug-likeness (QED) is 0.465. The van der Waals surface area contributed by atoms with Crippen LogP contribution in [0.4, 0.5) is 0 Å². The van der Waals surface area contributed by atoms with Crippen molar-refractivity contribution in [3.63, 3.8) is 0 Å². The highest BCUT2D eigenvalue weighted by atomic mass is 127. The topological polar surface area (TPSA) is 17.1 Å². The maximum Gasteiger partial charge on any atom is 0.194 e. The number of aryl methyl sites for hydroxylation is 2. The van der Waals surface area contributed by atoms with E-state index in [0.717, 1.165) is 32.0 Å². The van der Waals surface area contributed by atoms with Crippen LogP contribution in [-0.2, 0) is 12.8 Å². The molecule has 0 spiro atoms. The molecule has 1 aliphatic rings. The lowest BCUT2D eigenvalue weighted by Gasteiger charge is -2.16. The lowest BCUT2D eigenvalue weighted by atomic mass is 9.89. The standard InChI is InChI=1S/C17H14BrIO/c18-16-8-7-14(19)10-15(16)17(20)13-6-5-11-3-1-2-4-12(11)9-13/h5-10H,1-4H2. The van der Waals surface area contributed by atoms with Crippen molar-refractivity contribution < 1.29 is 4.79 Å². The summed E-state index contributed by atoms with van der Waals surface area (Å²) in [7, 11) is 0. The second kappa shape index (κ2) is 5.98. The van der Waals surface area contributed by atoms with Crippen molar-refractivity contribution >= 4 is 44.3 Å². The monoisotopic (exact) mass is 440 g/mol. The third kappa shape index (κ3) is 2.84. The van der Waals surface area contributed by atoms with Gasteiger partial charge in [-0.3, -0.25) is 4.79 Å². The highest BCUT2D eigenvalue weighted by Gasteiger charge is 2.16. The lowest BCUT2D eigenvalue weighted by Crippen LogP contribution is -2.07. The van der Waals surface area contributed by atoms with Crippen LogP contribution >= 0.6 is 38.5 Å². The van der Waals surface area contributed by atoms with E-state index in [1.54, 1.807) is 0 Å². The minimum Gasteiger partial charge on any atom is -0.289 e. The molecule has 0 atom stereocenters. The van der Waals surface area contributed by atoms with Gasteiger partial charge in [-0.1, -0.05) is 28.1 Å². The van der Waals surface area contributed by atoms with Crippen LogP contribution < -0.4 is 0 Å². The Morgan fingerprint density at radius 1 is 1.00 bits per heavy atom. The zero-order chi connectivity index (χ0) is 14.1. The van der Waals surface area contributed by atoms with Crippen LogP contribution in [0.1, 0.15) is 39.9 Å². The number of carbonyl (C=O) groups excluding carboxylic acids is 1. The number of benzene rings is 2. The molecule has 0 aliphatic heterocycles. The zero-order valence-electron chi connectivity index (χ0n) is 11.0. The van der Waals surface area contributed by atoms with Crippen molar-refractivity contribution in [2.45, 2.75) is 25.7 Å². The molecule has 102 valence electrons. The first-order valence-corrected chi connectivity index (χ1v) is 8.64. The second-order valence-electron chi connectivity index (χ2n) is 5.14. The number of fused-ring (bicyclic) bond motifs is 1. The largest absolute Gasteiger partial charge is 0.289 e. The average molecular weight is 441 g/mol. The van der Waals surface area contributed by atoms with Gasteiger partial charge in [-0.25, -0.2) is 0 Å². The smallest absolute Gasteiger partial charge is 0.194 e. The first kappa shape index (κ1) is 14.3. The fourth-order valence-corrected chi connectivity index (χ4v) is 3.62. The molecule has 0 bridgehead atoms. The number of rotatable bonds is 2. The van der Waals surface area contributed by atoms with E-state index in [0.29, 0.717) is 0 Å². The molecule has 2 aromatic carbocycles. The number of ketones is 1. The van der Waals surface area contributed by atoms with Crippen molar-refractivity contribution in [1.82, 2.24) is 0 Å². The molecule has 3 rings (SSSR count). The van der Waals surface area contributed by atoms with Crippen molar-refractivity contribution in [1.29, 1.82) is 0 Å². The molecular formula is C17H14BrIO. The molecule has 0 saturated heterocycles. The Morgan fingerprint density at radius 2 is 1.75 bits per heavy atom. The Bertz CT molecular complexity index is 679. The third-order valence-electron chi connectivity index (χ3n) is 3.78. The molecule has 0 saturated carbocycles. The Hall–Kier alpha value is -0.680. The van der Waals surface area contributed by atoms with E-state index in [-0.39, 0.29) is 5.78 Å². The van der Waals surface area contributed by atoms with Gasteiger partial charge in [0.15, 0.2) is 5.78 Å². The van der Waals surface area contributed by atoms with Crippen LogP contribution in [0.5, 0.6) is 0 Å². The van der Waals surface area contributed by atoms with Crippen LogP contribution in [0.15, 0.2) is 40.9 Å². The lowest BCUT2D eigenvalue weighted by molar-refractivity contribution is 0.103. The summed E-state index contributed by atoms with van der Waals surface area (Å²) >= 11 is 5.72. The van der Waals surface area contributed by atoms with Gasteiger partial charge in [-0.15, -0.1) is 0 Å². The van der Waals surface area contributed by atoms with Gasteiger partial charge in [0.2, 0.25) is 0 Å². The third-order valence-corrected chi connectivity index (χ3v) is 5.15. The number of hydrogen-bond donors (Lipinski definition) is 0. The van der Waals surface area contributed by atoms with Crippen LogP contribution in [-0.4, -0.2) is 5.78 Å². The Morgan fingerprint density at radius 3 is 2.55 bits per heavy atom. The predicted molar refractivity (Wildman–Crippen MR) is 93.4 cm³/mol. The molecule has 0 fully saturated rings. The summed E-state index contributed by atoms with van der Waals surface area (Å²) in [5, 5.41) is 0. The van der Waals surface area contributed by atoms with E-state index >= 15 is 0 Å². The van der Waals surface area contributed by atoms with Gasteiger partial charge in [0, 0.05) is 19.2 Å². The van der Waals surface area contributed by atoms with Gasteiger partial charge in [0.1, 0.15) is 0 Å². The van der Waals surface area contributed by atoms with E-state index in [1.165, 1.54) is 24.0 Å². The normalized spacial score (nSPS) is 13.9. The van der Waals surface area contributed by atoms with Gasteiger partial charge in [-0.2, -0.15) is 0 Å². The Labute approximate surface area is 141 Å². The fourth-order valence-electron chi connectivity index (χ4n) is 2.70. The summed E-state index contributed by atoms with van der Waals surface area (Å²) in [6.07, 6.45) is 4.75. The number of hydrogen-bond acceptors (Lipinski definition) is 1. The summed E-state index contributed by atoms with van der Waals surface area (Å²) in [5.74, 6) is 0.101. The molecule has 0 amide bonds. The zero-order valence-corrected chi connectivity index (χ0v) is 14.7. The molecule has 3 heteroatoms. The van der Waals surface area contributed by atoms with Gasteiger partial charge in [-0.05, 0) is 83.7 Å². The van der Waals surface area contributed by atoms with Crippen molar-refractivity contribution in [3.05, 3.63) is 66.7 Å². The second-order valence-corrected chi connectivity index (χ2v) is 7.24. The molecule has 2 aromatic rings. The molecular weight excluding hydrogens is 427 g/mol. The number of halogens is 2. The molecule has 0 heterocycles. The summed E-state index contributed by atoms with van der Waals surface area (Å²) in [5.41, 5.74) is 4.30. The van der Waals surface area contributed by atoms with Crippen LogP contribution in [0, 0.1) is 3.57 Å². The van der Waals surface area contributed by atoms with Gasteiger partial charge < -0.3 is 0 Å². The maximum atomic E-state index is 12.7. The van der Waals surface area contributed by atoms with Gasteiger partial charge >= 0.3 is 0 Å². The van der Waals surface area contributed by atoms with Crippen LogP contribution in [0.25, 0.3) is 0 Å². The first-order chi connectivity index (χ1) is 9.65. The molecule has 1 aliphatic carbocycles. The minimum atomic E-state index is 0.101. The molecule has 0 unspecified atom stereocenters. The van der Waals surface area contributed by atoms with E-state index < -0.39 is 0 Å². The van der Waals surface area contributed by atoms with Crippen LogP contribution in [0.3, 0.4) is 0 Å². The minimum absolute atomic E-state index is 0.101. The van der Waals surface area contributed by atoms with E-state index in [2.05, 4.69) is 50.7 Å². The first-order valence-electron chi connectivity index (χ1n) is 6.77. The molecule has 0 radical (unpaired) electrons. The molecule has 0 N–H and O–H groups in total. The molecule has 1 nitrogen and oxygen atoms in total. The maximum absolute atomic E-state index is 12.7. The fraction of sp³-hybridized carbons (Fsp3) is 0.235. The van der Waals surface area contributed by atoms with Crippen LogP contribution in [0.2, 0.25) is 0 Å².